The summed E-state index contributed by atoms with van der Waals surface area (Å²) >= 11 is 0. The summed E-state index contributed by atoms with van der Waals surface area (Å²) in [5.41, 5.74) is 4.87. The van der Waals surface area contributed by atoms with Gasteiger partial charge in [-0.25, -0.2) is 0 Å². The van der Waals surface area contributed by atoms with E-state index < -0.39 is 5.91 Å². The molecule has 3 amide bonds. The minimum absolute atomic E-state index is 0.0495. The molecule has 1 aliphatic rings. The summed E-state index contributed by atoms with van der Waals surface area (Å²) in [6.07, 6.45) is 0. The summed E-state index contributed by atoms with van der Waals surface area (Å²) in [5.74, 6) is -1.16. The second-order valence-corrected chi connectivity index (χ2v) is 2.49. The average molecular weight is 171 g/mol. The molecular weight excluding hydrogens is 162 g/mol. The van der Waals surface area contributed by atoms with Crippen molar-refractivity contribution < 1.29 is 14.4 Å². The number of rotatable bonds is 2. The maximum absolute atomic E-state index is 11.0. The zero-order valence-electron chi connectivity index (χ0n) is 6.37. The fraction of sp³-hybridized carbons (Fsp3) is 0.500. The molecule has 1 aliphatic heterocycles. The van der Waals surface area contributed by atoms with Gasteiger partial charge in [0.05, 0.1) is 13.1 Å². The molecule has 1 fully saturated rings. The minimum atomic E-state index is -0.613. The molecule has 66 valence electrons. The van der Waals surface area contributed by atoms with Crippen LogP contribution in [-0.2, 0) is 14.4 Å². The number of hydrogen-bond donors (Lipinski definition) is 2. The molecular formula is C6H9N3O3. The largest absolute Gasteiger partial charge is 0.368 e. The van der Waals surface area contributed by atoms with E-state index in [0.29, 0.717) is 0 Å². The van der Waals surface area contributed by atoms with Gasteiger partial charge in [0.1, 0.15) is 6.54 Å². The number of nitrogens with two attached hydrogens (primary N) is 1. The Morgan fingerprint density at radius 3 is 2.83 bits per heavy atom. The second-order valence-electron chi connectivity index (χ2n) is 2.49. The van der Waals surface area contributed by atoms with Gasteiger partial charge in [0.15, 0.2) is 0 Å². The third kappa shape index (κ3) is 1.94. The van der Waals surface area contributed by atoms with Gasteiger partial charge in [-0.1, -0.05) is 0 Å². The monoisotopic (exact) mass is 171 g/mol. The van der Waals surface area contributed by atoms with Gasteiger partial charge in [0, 0.05) is 0 Å². The molecule has 0 saturated carbocycles. The van der Waals surface area contributed by atoms with Crippen LogP contribution >= 0.6 is 0 Å². The lowest BCUT2D eigenvalue weighted by Crippen LogP contribution is -2.53. The lowest BCUT2D eigenvalue weighted by molar-refractivity contribution is -0.142. The van der Waals surface area contributed by atoms with E-state index in [0.717, 1.165) is 4.90 Å². The van der Waals surface area contributed by atoms with Crippen molar-refractivity contribution in [2.45, 2.75) is 0 Å². The topological polar surface area (TPSA) is 92.5 Å². The molecule has 0 aromatic heterocycles. The molecule has 1 saturated heterocycles. The minimum Gasteiger partial charge on any atom is -0.368 e. The summed E-state index contributed by atoms with van der Waals surface area (Å²) < 4.78 is 0. The summed E-state index contributed by atoms with van der Waals surface area (Å²) in [6, 6.07) is 0. The first-order valence-electron chi connectivity index (χ1n) is 3.42. The van der Waals surface area contributed by atoms with Gasteiger partial charge in [-0.3, -0.25) is 14.4 Å². The van der Waals surface area contributed by atoms with Crippen molar-refractivity contribution in [3.05, 3.63) is 0 Å². The molecule has 1 rings (SSSR count). The van der Waals surface area contributed by atoms with Crippen molar-refractivity contribution >= 4 is 17.7 Å². The Kier molecular flexibility index (Phi) is 2.27. The summed E-state index contributed by atoms with van der Waals surface area (Å²) in [6.45, 7) is -0.319. The highest BCUT2D eigenvalue weighted by atomic mass is 16.2. The SMILES string of the molecule is NC(=O)CN1CC(=O)NCC1=O. The van der Waals surface area contributed by atoms with Crippen LogP contribution in [0.4, 0.5) is 0 Å². The Hall–Kier alpha value is -1.59. The van der Waals surface area contributed by atoms with Crippen molar-refractivity contribution in [2.24, 2.45) is 5.73 Å². The van der Waals surface area contributed by atoms with Gasteiger partial charge in [-0.2, -0.15) is 0 Å². The zero-order chi connectivity index (χ0) is 9.14. The standard InChI is InChI=1S/C6H9N3O3/c7-4(10)2-9-3-5(11)8-1-6(9)12/h1-3H2,(H2,7,10)(H,8,11). The zero-order valence-corrected chi connectivity index (χ0v) is 6.37. The van der Waals surface area contributed by atoms with E-state index in [9.17, 15) is 14.4 Å². The van der Waals surface area contributed by atoms with Crippen LogP contribution in [0.1, 0.15) is 0 Å². The van der Waals surface area contributed by atoms with E-state index in [1.807, 2.05) is 0 Å². The molecule has 0 spiro atoms. The molecule has 3 N–H and O–H groups in total. The maximum atomic E-state index is 11.0. The van der Waals surface area contributed by atoms with Crippen molar-refractivity contribution in [1.29, 1.82) is 0 Å². The van der Waals surface area contributed by atoms with Gasteiger partial charge >= 0.3 is 0 Å². The Morgan fingerprint density at radius 2 is 2.25 bits per heavy atom. The number of primary amides is 1. The van der Waals surface area contributed by atoms with Crippen LogP contribution in [-0.4, -0.2) is 42.3 Å². The number of amides is 3. The van der Waals surface area contributed by atoms with Crippen LogP contribution < -0.4 is 11.1 Å². The normalized spacial score (nSPS) is 17.5. The number of carbonyl (C=O) groups is 3. The molecule has 0 aliphatic carbocycles. The van der Waals surface area contributed by atoms with Crippen LogP contribution in [0.3, 0.4) is 0 Å². The van der Waals surface area contributed by atoms with Crippen molar-refractivity contribution in [3.8, 4) is 0 Å². The van der Waals surface area contributed by atoms with Crippen molar-refractivity contribution in [1.82, 2.24) is 10.2 Å². The summed E-state index contributed by atoms with van der Waals surface area (Å²) in [7, 11) is 0. The van der Waals surface area contributed by atoms with E-state index in [1.54, 1.807) is 0 Å². The summed E-state index contributed by atoms with van der Waals surface area (Å²) in [4.78, 5) is 33.3. The molecule has 6 nitrogen and oxygen atoms in total. The van der Waals surface area contributed by atoms with Crippen LogP contribution in [0.25, 0.3) is 0 Å². The van der Waals surface area contributed by atoms with Crippen LogP contribution in [0.2, 0.25) is 0 Å². The third-order valence-electron chi connectivity index (χ3n) is 1.47. The first kappa shape index (κ1) is 8.51. The molecule has 0 radical (unpaired) electrons. The third-order valence-corrected chi connectivity index (χ3v) is 1.47. The average Bonchev–Trinajstić information content (AvgIpc) is 1.96. The van der Waals surface area contributed by atoms with E-state index >= 15 is 0 Å². The Morgan fingerprint density at radius 1 is 1.58 bits per heavy atom. The molecule has 0 atom stereocenters. The molecule has 12 heavy (non-hydrogen) atoms. The predicted octanol–water partition coefficient (Wildman–Crippen LogP) is -2.57. The predicted molar refractivity (Wildman–Crippen MR) is 38.8 cm³/mol. The Labute approximate surface area is 68.7 Å². The highest BCUT2D eigenvalue weighted by molar-refractivity contribution is 5.94. The second kappa shape index (κ2) is 3.21. The highest BCUT2D eigenvalue weighted by Gasteiger charge is 2.23. The van der Waals surface area contributed by atoms with Crippen LogP contribution in [0.5, 0.6) is 0 Å². The first-order chi connectivity index (χ1) is 5.59. The molecule has 0 aromatic carbocycles. The molecule has 6 heteroatoms. The maximum Gasteiger partial charge on any atom is 0.242 e. The van der Waals surface area contributed by atoms with E-state index in [4.69, 9.17) is 5.73 Å². The van der Waals surface area contributed by atoms with Gasteiger partial charge in [0.25, 0.3) is 0 Å². The van der Waals surface area contributed by atoms with E-state index in [2.05, 4.69) is 5.32 Å². The van der Waals surface area contributed by atoms with Gasteiger partial charge < -0.3 is 16.0 Å². The number of carbonyl (C=O) groups excluding carboxylic acids is 3. The highest BCUT2D eigenvalue weighted by Crippen LogP contribution is 1.93. The molecule has 0 unspecified atom stereocenters. The van der Waals surface area contributed by atoms with E-state index in [1.165, 1.54) is 0 Å². The lowest BCUT2D eigenvalue weighted by atomic mass is 10.3. The van der Waals surface area contributed by atoms with Crippen molar-refractivity contribution in [2.75, 3.05) is 19.6 Å². The van der Waals surface area contributed by atoms with Crippen LogP contribution in [0.15, 0.2) is 0 Å². The smallest absolute Gasteiger partial charge is 0.242 e. The molecule has 0 aromatic rings. The molecule has 1 heterocycles. The van der Waals surface area contributed by atoms with Crippen molar-refractivity contribution in [3.63, 3.8) is 0 Å². The fourth-order valence-electron chi connectivity index (χ4n) is 0.936. The number of piperazine rings is 1. The van der Waals surface area contributed by atoms with Gasteiger partial charge in [0.2, 0.25) is 17.7 Å². The first-order valence-corrected chi connectivity index (χ1v) is 3.42. The lowest BCUT2D eigenvalue weighted by Gasteiger charge is -2.24. The summed E-state index contributed by atoms with van der Waals surface area (Å²) in [5, 5.41) is 2.35. The molecule has 0 bridgehead atoms. The Balaban J connectivity index is 2.55. The number of hydrogen-bond acceptors (Lipinski definition) is 3. The number of nitrogens with one attached hydrogen (secondary N) is 1. The van der Waals surface area contributed by atoms with Gasteiger partial charge in [-0.05, 0) is 0 Å². The van der Waals surface area contributed by atoms with Crippen LogP contribution in [0, 0.1) is 0 Å². The quantitative estimate of drug-likeness (QED) is 0.478. The fourth-order valence-corrected chi connectivity index (χ4v) is 0.936. The Bertz CT molecular complexity index is 236. The van der Waals surface area contributed by atoms with E-state index in [-0.39, 0.29) is 31.4 Å². The number of nitrogens with zero attached hydrogens (tertiary/aromatic N) is 1. The van der Waals surface area contributed by atoms with Gasteiger partial charge in [-0.15, -0.1) is 0 Å².